The van der Waals surface area contributed by atoms with Crippen LogP contribution in [-0.2, 0) is 0 Å². The monoisotopic (exact) mass is 448 g/mol. The number of para-hydroxylation sites is 1. The van der Waals surface area contributed by atoms with Crippen LogP contribution < -0.4 is 10.4 Å². The highest BCUT2D eigenvalue weighted by atomic mass is 35.5. The number of alkyl halides is 1. The van der Waals surface area contributed by atoms with Gasteiger partial charge >= 0.3 is 0 Å². The molecule has 0 saturated heterocycles. The van der Waals surface area contributed by atoms with E-state index in [0.29, 0.717) is 17.9 Å². The maximum absolute atomic E-state index is 11.6. The Morgan fingerprint density at radius 1 is 1.10 bits per heavy atom. The molecule has 0 bridgehead atoms. The molecular weight excluding hydrogens is 434 g/mol. The standard InChI is InChI=1S/C19H16ClN3O6S/c20-17-14(30-13-4-2-1-3-11(13)22(26)27)7-9-8-21-18-10(19(24)25)5-6-12(23(28)29)16(18)15(9)17/h1-6,9,14-15,17,21H,7-8H2,(H,24,25)/p-1/t9-,14-,15-,17+/m1/s1. The Balaban J connectivity index is 1.73. The normalized spacial score (nSPS) is 24.4. The number of nitrogens with zero attached hydrogens (tertiary/aromatic N) is 2. The van der Waals surface area contributed by atoms with Crippen molar-refractivity contribution in [2.75, 3.05) is 11.9 Å². The number of nitro benzene ring substituents is 2. The van der Waals surface area contributed by atoms with Gasteiger partial charge in [0.25, 0.3) is 11.4 Å². The van der Waals surface area contributed by atoms with Crippen LogP contribution in [0.2, 0.25) is 0 Å². The predicted octanol–water partition coefficient (Wildman–Crippen LogP) is 3.16. The second-order valence-electron chi connectivity index (χ2n) is 7.19. The number of anilines is 1. The number of carbonyl (C=O) groups excluding carboxylic acids is 1. The van der Waals surface area contributed by atoms with Crippen LogP contribution in [0.15, 0.2) is 41.3 Å². The van der Waals surface area contributed by atoms with Crippen LogP contribution in [-0.4, -0.2) is 33.0 Å². The maximum Gasteiger partial charge on any atom is 0.282 e. The molecule has 1 aliphatic heterocycles. The lowest BCUT2D eigenvalue weighted by atomic mass is 9.82. The van der Waals surface area contributed by atoms with Crippen molar-refractivity contribution in [2.24, 2.45) is 5.92 Å². The summed E-state index contributed by atoms with van der Waals surface area (Å²) in [4.78, 5) is 33.9. The fourth-order valence-electron chi connectivity index (χ4n) is 4.35. The highest BCUT2D eigenvalue weighted by molar-refractivity contribution is 8.00. The second kappa shape index (κ2) is 7.77. The van der Waals surface area contributed by atoms with Crippen LogP contribution in [0.5, 0.6) is 0 Å². The average molecular weight is 449 g/mol. The summed E-state index contributed by atoms with van der Waals surface area (Å²) in [5.74, 6) is -1.96. The maximum atomic E-state index is 11.6. The highest BCUT2D eigenvalue weighted by Gasteiger charge is 2.49. The van der Waals surface area contributed by atoms with E-state index in [-0.39, 0.29) is 39.4 Å². The lowest BCUT2D eigenvalue weighted by Gasteiger charge is -2.32. The molecule has 4 atom stereocenters. The topological polar surface area (TPSA) is 138 Å². The third kappa shape index (κ3) is 3.35. The van der Waals surface area contributed by atoms with Crippen molar-refractivity contribution in [2.45, 2.75) is 27.9 Å². The Morgan fingerprint density at radius 2 is 1.80 bits per heavy atom. The van der Waals surface area contributed by atoms with E-state index in [1.165, 1.54) is 23.9 Å². The number of fused-ring (bicyclic) bond motifs is 3. The highest BCUT2D eigenvalue weighted by Crippen LogP contribution is 2.55. The third-order valence-corrected chi connectivity index (χ3v) is 7.71. The van der Waals surface area contributed by atoms with Gasteiger partial charge in [-0.15, -0.1) is 23.4 Å². The summed E-state index contributed by atoms with van der Waals surface area (Å²) in [5.41, 5.74) is 0.0768. The van der Waals surface area contributed by atoms with Gasteiger partial charge in [0.15, 0.2) is 0 Å². The molecule has 1 saturated carbocycles. The Labute approximate surface area is 179 Å². The quantitative estimate of drug-likeness (QED) is 0.418. The number of hydrogen-bond acceptors (Lipinski definition) is 8. The summed E-state index contributed by atoms with van der Waals surface area (Å²) in [6, 6.07) is 8.68. The fourth-order valence-corrected chi connectivity index (χ4v) is 6.33. The molecule has 1 fully saturated rings. The molecule has 0 spiro atoms. The first-order valence-electron chi connectivity index (χ1n) is 9.10. The van der Waals surface area contributed by atoms with Crippen molar-refractivity contribution in [3.63, 3.8) is 0 Å². The van der Waals surface area contributed by atoms with Crippen LogP contribution in [0.1, 0.15) is 28.3 Å². The fraction of sp³-hybridized carbons (Fsp3) is 0.316. The van der Waals surface area contributed by atoms with Crippen LogP contribution in [0.4, 0.5) is 17.1 Å². The first-order chi connectivity index (χ1) is 14.3. The second-order valence-corrected chi connectivity index (χ2v) is 8.98. The number of nitrogens with one attached hydrogen (secondary N) is 1. The van der Waals surface area contributed by atoms with Gasteiger partial charge < -0.3 is 15.2 Å². The summed E-state index contributed by atoms with van der Waals surface area (Å²) in [6.45, 7) is 0.399. The zero-order valence-electron chi connectivity index (χ0n) is 15.3. The summed E-state index contributed by atoms with van der Waals surface area (Å²) in [5, 5.41) is 36.7. The molecule has 2 aromatic rings. The number of carboxylic acid groups (broad SMARTS) is 1. The van der Waals surface area contributed by atoms with Gasteiger partial charge in [-0.25, -0.2) is 0 Å². The van der Waals surface area contributed by atoms with Crippen molar-refractivity contribution >= 4 is 46.4 Å². The largest absolute Gasteiger partial charge is 0.545 e. The minimum atomic E-state index is -1.43. The van der Waals surface area contributed by atoms with Gasteiger partial charge in [-0.3, -0.25) is 20.2 Å². The molecule has 156 valence electrons. The van der Waals surface area contributed by atoms with Crippen LogP contribution >= 0.6 is 23.4 Å². The molecule has 0 aromatic heterocycles. The number of benzene rings is 2. The first kappa shape index (κ1) is 20.4. The van der Waals surface area contributed by atoms with E-state index in [2.05, 4.69) is 5.32 Å². The number of hydrogen-bond donors (Lipinski definition) is 1. The SMILES string of the molecule is O=C([O-])c1ccc([N+](=O)[O-])c2c1NC[C@H]1C[C@@H](Sc3ccccc3[N+](=O)[O-])[C@H](Cl)[C@@H]21. The molecule has 2 aliphatic rings. The molecule has 1 aliphatic carbocycles. The molecule has 11 heteroatoms. The summed E-state index contributed by atoms with van der Waals surface area (Å²) in [7, 11) is 0. The van der Waals surface area contributed by atoms with Crippen molar-refractivity contribution in [1.29, 1.82) is 0 Å². The molecule has 1 N–H and O–H groups in total. The number of nitro groups is 2. The minimum Gasteiger partial charge on any atom is -0.545 e. The average Bonchev–Trinajstić information content (AvgIpc) is 3.02. The van der Waals surface area contributed by atoms with E-state index in [1.807, 2.05) is 0 Å². The zero-order valence-corrected chi connectivity index (χ0v) is 16.9. The van der Waals surface area contributed by atoms with E-state index in [1.54, 1.807) is 18.2 Å². The third-order valence-electron chi connectivity index (χ3n) is 5.59. The van der Waals surface area contributed by atoms with Gasteiger partial charge in [0.2, 0.25) is 0 Å². The molecular formula is C19H15ClN3O6S-. The van der Waals surface area contributed by atoms with E-state index >= 15 is 0 Å². The van der Waals surface area contributed by atoms with Crippen LogP contribution in [0, 0.1) is 26.1 Å². The Hall–Kier alpha value is -2.85. The molecule has 2 aromatic carbocycles. The van der Waals surface area contributed by atoms with Gasteiger partial charge in [0, 0.05) is 35.4 Å². The Bertz CT molecular complexity index is 1060. The molecule has 0 unspecified atom stereocenters. The first-order valence-corrected chi connectivity index (χ1v) is 10.4. The Kier molecular flexibility index (Phi) is 5.29. The van der Waals surface area contributed by atoms with Gasteiger partial charge in [-0.2, -0.15) is 0 Å². The molecule has 30 heavy (non-hydrogen) atoms. The molecule has 9 nitrogen and oxygen atoms in total. The van der Waals surface area contributed by atoms with Crippen molar-refractivity contribution in [3.8, 4) is 0 Å². The number of thioether (sulfide) groups is 1. The van der Waals surface area contributed by atoms with Crippen LogP contribution in [0.3, 0.4) is 0 Å². The van der Waals surface area contributed by atoms with Crippen LogP contribution in [0.25, 0.3) is 0 Å². The smallest absolute Gasteiger partial charge is 0.282 e. The minimum absolute atomic E-state index is 0.0232. The number of carbonyl (C=O) groups is 1. The van der Waals surface area contributed by atoms with Crippen molar-refractivity contribution in [1.82, 2.24) is 0 Å². The predicted molar refractivity (Wildman–Crippen MR) is 109 cm³/mol. The number of rotatable bonds is 5. The van der Waals surface area contributed by atoms with Crippen molar-refractivity contribution < 1.29 is 19.7 Å². The molecule has 4 rings (SSSR count). The lowest BCUT2D eigenvalue weighted by Crippen LogP contribution is -2.32. The molecule has 1 heterocycles. The summed E-state index contributed by atoms with van der Waals surface area (Å²) < 4.78 is 0. The number of aromatic carboxylic acids is 1. The lowest BCUT2D eigenvalue weighted by molar-refractivity contribution is -0.387. The number of halogens is 1. The van der Waals surface area contributed by atoms with E-state index in [0.717, 1.165) is 6.07 Å². The van der Waals surface area contributed by atoms with Gasteiger partial charge in [0.05, 0.1) is 37.3 Å². The van der Waals surface area contributed by atoms with E-state index < -0.39 is 27.1 Å². The van der Waals surface area contributed by atoms with E-state index in [4.69, 9.17) is 11.6 Å². The Morgan fingerprint density at radius 3 is 2.47 bits per heavy atom. The van der Waals surface area contributed by atoms with Gasteiger partial charge in [0.1, 0.15) is 0 Å². The van der Waals surface area contributed by atoms with Crippen molar-refractivity contribution in [3.05, 3.63) is 67.8 Å². The molecule has 0 radical (unpaired) electrons. The molecule has 0 amide bonds. The number of carboxylic acids is 1. The summed E-state index contributed by atoms with van der Waals surface area (Å²) >= 11 is 8.05. The zero-order chi connectivity index (χ0) is 21.6. The summed E-state index contributed by atoms with van der Waals surface area (Å²) in [6.07, 6.45) is 0.578. The van der Waals surface area contributed by atoms with Gasteiger partial charge in [-0.1, -0.05) is 12.1 Å². The van der Waals surface area contributed by atoms with Gasteiger partial charge in [-0.05, 0) is 24.5 Å². The van der Waals surface area contributed by atoms with E-state index in [9.17, 15) is 30.1 Å².